The van der Waals surface area contributed by atoms with E-state index in [-0.39, 0.29) is 54.7 Å². The number of benzene rings is 2. The van der Waals surface area contributed by atoms with Gasteiger partial charge in [0.2, 0.25) is 11.8 Å². The van der Waals surface area contributed by atoms with Gasteiger partial charge in [-0.25, -0.2) is 0 Å². The number of fused-ring (bicyclic) bond motifs is 1. The lowest BCUT2D eigenvalue weighted by molar-refractivity contribution is -0.156. The number of amides is 6. The average Bonchev–Trinajstić information content (AvgIpc) is 3.04. The predicted molar refractivity (Wildman–Crippen MR) is 180 cm³/mol. The molecular weight excluding hydrogens is 612 g/mol. The molecule has 1 saturated carbocycles. The summed E-state index contributed by atoms with van der Waals surface area (Å²) in [6.45, 7) is 8.03. The van der Waals surface area contributed by atoms with Crippen molar-refractivity contribution in [3.8, 4) is 0 Å². The van der Waals surface area contributed by atoms with Gasteiger partial charge in [-0.2, -0.15) is 0 Å². The molecule has 0 bridgehead atoms. The minimum absolute atomic E-state index is 0.0564. The Morgan fingerprint density at radius 2 is 1.25 bits per heavy atom. The molecule has 0 radical (unpaired) electrons. The molecule has 2 aliphatic heterocycles. The van der Waals surface area contributed by atoms with E-state index in [0.29, 0.717) is 13.1 Å². The Labute approximate surface area is 282 Å². The van der Waals surface area contributed by atoms with Crippen LogP contribution in [0.2, 0.25) is 0 Å². The van der Waals surface area contributed by atoms with E-state index >= 15 is 0 Å². The molecule has 2 saturated heterocycles. The van der Waals surface area contributed by atoms with E-state index < -0.39 is 29.8 Å². The third-order valence-electron chi connectivity index (χ3n) is 8.52. The van der Waals surface area contributed by atoms with Crippen LogP contribution in [0.5, 0.6) is 0 Å². The maximum Gasteiger partial charge on any atom is 0.252 e. The second-order valence-corrected chi connectivity index (χ2v) is 13.1. The van der Waals surface area contributed by atoms with Gasteiger partial charge in [-0.1, -0.05) is 73.5 Å². The molecule has 12 heteroatoms. The van der Waals surface area contributed by atoms with E-state index in [1.807, 2.05) is 88.4 Å². The topological polar surface area (TPSA) is 157 Å². The molecule has 48 heavy (non-hydrogen) atoms. The summed E-state index contributed by atoms with van der Waals surface area (Å²) in [5.74, 6) is -2.01. The zero-order chi connectivity index (χ0) is 34.8. The van der Waals surface area contributed by atoms with Crippen LogP contribution in [0.15, 0.2) is 60.7 Å². The first-order chi connectivity index (χ1) is 23.0. The molecule has 0 spiro atoms. The summed E-state index contributed by atoms with van der Waals surface area (Å²) in [7, 11) is 0. The predicted octanol–water partition coefficient (Wildman–Crippen LogP) is 1.47. The Morgan fingerprint density at radius 1 is 0.729 bits per heavy atom. The Bertz CT molecular complexity index is 1450. The number of piperazine rings is 2. The summed E-state index contributed by atoms with van der Waals surface area (Å²) >= 11 is 0. The molecule has 4 unspecified atom stereocenters. The molecule has 1 aliphatic carbocycles. The van der Waals surface area contributed by atoms with Crippen molar-refractivity contribution in [1.82, 2.24) is 31.1 Å². The Balaban J connectivity index is 0.000000220. The Morgan fingerprint density at radius 3 is 1.81 bits per heavy atom. The van der Waals surface area contributed by atoms with Crippen LogP contribution in [-0.4, -0.2) is 94.6 Å². The summed E-state index contributed by atoms with van der Waals surface area (Å²) in [4.78, 5) is 78.1. The van der Waals surface area contributed by atoms with Crippen LogP contribution in [-0.2, 0) is 41.6 Å². The molecule has 12 nitrogen and oxygen atoms in total. The van der Waals surface area contributed by atoms with Crippen molar-refractivity contribution in [2.45, 2.75) is 102 Å². The lowest BCUT2D eigenvalue weighted by Crippen LogP contribution is -2.71. The van der Waals surface area contributed by atoms with Crippen molar-refractivity contribution >= 4 is 35.4 Å². The van der Waals surface area contributed by atoms with Gasteiger partial charge in [-0.15, -0.1) is 0 Å². The monoisotopic (exact) mass is 660 g/mol. The largest absolute Gasteiger partial charge is 0.352 e. The molecule has 2 aromatic carbocycles. The van der Waals surface area contributed by atoms with Crippen LogP contribution < -0.4 is 21.3 Å². The smallest absolute Gasteiger partial charge is 0.252 e. The summed E-state index contributed by atoms with van der Waals surface area (Å²) in [5, 5.41) is 11.1. The van der Waals surface area contributed by atoms with Gasteiger partial charge in [0.1, 0.15) is 0 Å². The number of hydrogen-bond donors (Lipinski definition) is 4. The third kappa shape index (κ3) is 9.42. The zero-order valence-corrected chi connectivity index (χ0v) is 28.2. The molecule has 258 valence electrons. The highest BCUT2D eigenvalue weighted by Crippen LogP contribution is 2.29. The number of hydrogen-bond acceptors (Lipinski definition) is 6. The van der Waals surface area contributed by atoms with Crippen LogP contribution in [0.25, 0.3) is 0 Å². The van der Waals surface area contributed by atoms with Crippen molar-refractivity contribution < 1.29 is 28.8 Å². The van der Waals surface area contributed by atoms with Gasteiger partial charge >= 0.3 is 0 Å². The Kier molecular flexibility index (Phi) is 12.7. The second-order valence-electron chi connectivity index (χ2n) is 13.1. The van der Waals surface area contributed by atoms with Gasteiger partial charge in [0.15, 0.2) is 12.1 Å². The standard InChI is InChI=1S/C20H27N3O3.C16H21N3O3/c1-13(2)21-19(25)18-20(26)22-15-10-6-7-11-16(15)23(18)17(24)12-14-8-4-3-5-9-14;1-11(2)18-16(22)14-15(21)17-8-9-19(14)13(20)10-12-6-4-3-5-7-12/h3-5,8-9,13,15-16,18H,6-7,10-12H2,1-2H3,(H,21,25)(H,22,26);3-7,11,14H,8-10H2,1-2H3,(H,17,21)(H,18,22). The number of nitrogens with zero attached hydrogens (tertiary/aromatic N) is 2. The van der Waals surface area contributed by atoms with E-state index in [2.05, 4.69) is 21.3 Å². The molecule has 0 aromatic heterocycles. The first-order valence-corrected chi connectivity index (χ1v) is 16.8. The van der Waals surface area contributed by atoms with Gasteiger partial charge in [-0.05, 0) is 51.7 Å². The quantitative estimate of drug-likeness (QED) is 0.314. The summed E-state index contributed by atoms with van der Waals surface area (Å²) in [6, 6.07) is 16.2. The third-order valence-corrected chi connectivity index (χ3v) is 8.52. The molecule has 3 aliphatic rings. The first kappa shape index (κ1) is 36.1. The highest BCUT2D eigenvalue weighted by Gasteiger charge is 2.48. The van der Waals surface area contributed by atoms with Crippen LogP contribution in [0.1, 0.15) is 64.5 Å². The molecule has 2 aromatic rings. The minimum Gasteiger partial charge on any atom is -0.352 e. The van der Waals surface area contributed by atoms with Crippen molar-refractivity contribution in [1.29, 1.82) is 0 Å². The number of carbonyl (C=O) groups is 6. The van der Waals surface area contributed by atoms with Crippen molar-refractivity contribution in [3.63, 3.8) is 0 Å². The molecular formula is C36H48N6O6. The molecule has 2 heterocycles. The van der Waals surface area contributed by atoms with Crippen molar-refractivity contribution in [2.75, 3.05) is 13.1 Å². The lowest BCUT2D eigenvalue weighted by atomic mass is 9.85. The fraction of sp³-hybridized carbons (Fsp3) is 0.500. The molecule has 3 fully saturated rings. The fourth-order valence-electron chi connectivity index (χ4n) is 6.42. The van der Waals surface area contributed by atoms with E-state index in [0.717, 1.165) is 36.8 Å². The van der Waals surface area contributed by atoms with E-state index in [9.17, 15) is 28.8 Å². The van der Waals surface area contributed by atoms with Crippen LogP contribution in [0, 0.1) is 0 Å². The SMILES string of the molecule is CC(C)NC(=O)C1C(=O)NC2CCCCC2N1C(=O)Cc1ccccc1.CC(C)NC(=O)C1C(=O)NCCN1C(=O)Cc1ccccc1. The fourth-order valence-corrected chi connectivity index (χ4v) is 6.42. The van der Waals surface area contributed by atoms with Crippen LogP contribution >= 0.6 is 0 Å². The highest BCUT2D eigenvalue weighted by atomic mass is 16.2. The summed E-state index contributed by atoms with van der Waals surface area (Å²) < 4.78 is 0. The Hall–Kier alpha value is -4.74. The van der Waals surface area contributed by atoms with Crippen LogP contribution in [0.3, 0.4) is 0 Å². The summed E-state index contributed by atoms with van der Waals surface area (Å²) in [5.41, 5.74) is 1.75. The average molecular weight is 661 g/mol. The van der Waals surface area contributed by atoms with Gasteiger partial charge < -0.3 is 31.1 Å². The molecule has 4 N–H and O–H groups in total. The number of rotatable bonds is 8. The first-order valence-electron chi connectivity index (χ1n) is 16.8. The highest BCUT2D eigenvalue weighted by molar-refractivity contribution is 6.08. The molecule has 6 amide bonds. The van der Waals surface area contributed by atoms with Crippen LogP contribution in [0.4, 0.5) is 0 Å². The van der Waals surface area contributed by atoms with Gasteiger partial charge in [0.25, 0.3) is 23.6 Å². The minimum atomic E-state index is -1.09. The molecule has 5 rings (SSSR count). The maximum atomic E-state index is 13.1. The van der Waals surface area contributed by atoms with Gasteiger partial charge in [0.05, 0.1) is 18.9 Å². The van der Waals surface area contributed by atoms with E-state index in [4.69, 9.17) is 0 Å². The lowest BCUT2D eigenvalue weighted by Gasteiger charge is -2.47. The number of carbonyl (C=O) groups excluding carboxylic acids is 6. The summed E-state index contributed by atoms with van der Waals surface area (Å²) in [6.07, 6.45) is 4.08. The number of nitrogens with one attached hydrogen (secondary N) is 4. The van der Waals surface area contributed by atoms with Gasteiger partial charge in [0, 0.05) is 31.2 Å². The second kappa shape index (κ2) is 16.9. The van der Waals surface area contributed by atoms with Crippen molar-refractivity contribution in [2.24, 2.45) is 0 Å². The van der Waals surface area contributed by atoms with Gasteiger partial charge in [-0.3, -0.25) is 28.8 Å². The maximum absolute atomic E-state index is 13.1. The van der Waals surface area contributed by atoms with E-state index in [1.54, 1.807) is 4.90 Å². The van der Waals surface area contributed by atoms with Crippen molar-refractivity contribution in [3.05, 3.63) is 71.8 Å². The normalized spacial score (nSPS) is 22.0. The van der Waals surface area contributed by atoms with E-state index in [1.165, 1.54) is 4.90 Å². The molecule has 4 atom stereocenters. The zero-order valence-electron chi connectivity index (χ0n) is 28.2.